The number of hydrogen-bond acceptors (Lipinski definition) is 5. The molecule has 5 aromatic rings. The summed E-state index contributed by atoms with van der Waals surface area (Å²) >= 11 is 6.18. The number of hydrogen-bond donors (Lipinski definition) is 0. The Kier molecular flexibility index (Phi) is 4.65. The second-order valence-corrected chi connectivity index (χ2v) is 7.24. The van der Waals surface area contributed by atoms with Crippen molar-refractivity contribution >= 4 is 22.6 Å². The standard InChI is InChI=1S/C22H16ClN5O2/c23-16-9-10-19-18(12-16)25-20(27(19)13-15-6-2-1-3-7-15)14-28-21(26-30-22(28)29)17-8-4-5-11-24-17/h1-12H,13-14H2. The minimum Gasteiger partial charge on any atom is -0.322 e. The third-order valence-corrected chi connectivity index (χ3v) is 5.09. The van der Waals surface area contributed by atoms with Gasteiger partial charge in [-0.2, -0.15) is 0 Å². The van der Waals surface area contributed by atoms with Crippen molar-refractivity contribution in [3.63, 3.8) is 0 Å². The molecule has 0 unspecified atom stereocenters. The minimum atomic E-state index is -0.563. The first-order valence-corrected chi connectivity index (χ1v) is 9.73. The van der Waals surface area contributed by atoms with E-state index in [1.165, 1.54) is 4.57 Å². The number of rotatable bonds is 5. The van der Waals surface area contributed by atoms with Gasteiger partial charge in [0.15, 0.2) is 0 Å². The van der Waals surface area contributed by atoms with Gasteiger partial charge in [-0.25, -0.2) is 14.3 Å². The number of fused-ring (bicyclic) bond motifs is 1. The number of imidazole rings is 1. The summed E-state index contributed by atoms with van der Waals surface area (Å²) in [7, 11) is 0. The van der Waals surface area contributed by atoms with Crippen LogP contribution in [0.4, 0.5) is 0 Å². The molecule has 0 atom stereocenters. The van der Waals surface area contributed by atoms with E-state index in [1.54, 1.807) is 18.3 Å². The lowest BCUT2D eigenvalue weighted by Crippen LogP contribution is -2.19. The molecule has 148 valence electrons. The molecule has 0 N–H and O–H groups in total. The van der Waals surface area contributed by atoms with Crippen LogP contribution in [0.15, 0.2) is 82.2 Å². The van der Waals surface area contributed by atoms with Gasteiger partial charge in [0.1, 0.15) is 11.5 Å². The zero-order valence-corrected chi connectivity index (χ0v) is 16.5. The summed E-state index contributed by atoms with van der Waals surface area (Å²) in [5.74, 6) is 0.488. The van der Waals surface area contributed by atoms with E-state index >= 15 is 0 Å². The van der Waals surface area contributed by atoms with Gasteiger partial charge in [0.05, 0.1) is 17.6 Å². The fourth-order valence-corrected chi connectivity index (χ4v) is 3.61. The van der Waals surface area contributed by atoms with Crippen molar-refractivity contribution in [3.05, 3.63) is 99.9 Å². The Labute approximate surface area is 176 Å². The van der Waals surface area contributed by atoms with Crippen LogP contribution in [0, 0.1) is 0 Å². The molecule has 7 nitrogen and oxygen atoms in total. The first-order valence-electron chi connectivity index (χ1n) is 9.35. The number of halogens is 1. The van der Waals surface area contributed by atoms with Gasteiger partial charge >= 0.3 is 5.76 Å². The molecule has 3 heterocycles. The summed E-state index contributed by atoms with van der Waals surface area (Å²) in [6.45, 7) is 0.792. The van der Waals surface area contributed by atoms with Gasteiger partial charge in [0, 0.05) is 17.8 Å². The lowest BCUT2D eigenvalue weighted by Gasteiger charge is -2.10. The van der Waals surface area contributed by atoms with Crippen molar-refractivity contribution in [2.24, 2.45) is 0 Å². The fraction of sp³-hybridized carbons (Fsp3) is 0.0909. The highest BCUT2D eigenvalue weighted by atomic mass is 35.5. The summed E-state index contributed by atoms with van der Waals surface area (Å²) in [5, 5.41) is 4.52. The minimum absolute atomic E-state index is 0.188. The predicted octanol–water partition coefficient (Wildman–Crippen LogP) is 4.00. The largest absolute Gasteiger partial charge is 0.442 e. The quantitative estimate of drug-likeness (QED) is 0.432. The summed E-state index contributed by atoms with van der Waals surface area (Å²) in [4.78, 5) is 21.4. The molecule has 5 rings (SSSR count). The molecule has 30 heavy (non-hydrogen) atoms. The lowest BCUT2D eigenvalue weighted by atomic mass is 10.2. The summed E-state index contributed by atoms with van der Waals surface area (Å²) in [6, 6.07) is 21.1. The number of nitrogens with zero attached hydrogens (tertiary/aromatic N) is 5. The van der Waals surface area contributed by atoms with E-state index in [1.807, 2.05) is 42.5 Å². The van der Waals surface area contributed by atoms with Crippen LogP contribution in [-0.2, 0) is 13.1 Å². The third kappa shape index (κ3) is 3.40. The summed E-state index contributed by atoms with van der Waals surface area (Å²) in [5.41, 5.74) is 3.37. The lowest BCUT2D eigenvalue weighted by molar-refractivity contribution is 0.377. The van der Waals surface area contributed by atoms with Crippen molar-refractivity contribution < 1.29 is 4.52 Å². The van der Waals surface area contributed by atoms with Crippen LogP contribution in [-0.4, -0.2) is 24.3 Å². The molecule has 3 aromatic heterocycles. The van der Waals surface area contributed by atoms with Crippen LogP contribution < -0.4 is 5.76 Å². The topological polar surface area (TPSA) is 78.7 Å². The van der Waals surface area contributed by atoms with E-state index in [0.29, 0.717) is 28.9 Å². The summed E-state index contributed by atoms with van der Waals surface area (Å²) in [6.07, 6.45) is 1.64. The van der Waals surface area contributed by atoms with Crippen LogP contribution in [0.3, 0.4) is 0 Å². The Balaban J connectivity index is 1.63. The highest BCUT2D eigenvalue weighted by molar-refractivity contribution is 6.31. The van der Waals surface area contributed by atoms with E-state index in [4.69, 9.17) is 21.1 Å². The molecule has 0 bridgehead atoms. The van der Waals surface area contributed by atoms with E-state index in [0.717, 1.165) is 16.6 Å². The zero-order valence-electron chi connectivity index (χ0n) is 15.8. The summed E-state index contributed by atoms with van der Waals surface area (Å²) < 4.78 is 8.44. The van der Waals surface area contributed by atoms with Gasteiger partial charge in [-0.15, -0.1) is 0 Å². The first kappa shape index (κ1) is 18.3. The van der Waals surface area contributed by atoms with Crippen LogP contribution in [0.5, 0.6) is 0 Å². The van der Waals surface area contributed by atoms with Gasteiger partial charge in [0.25, 0.3) is 0 Å². The normalized spacial score (nSPS) is 11.2. The van der Waals surface area contributed by atoms with Crippen LogP contribution in [0.1, 0.15) is 11.4 Å². The van der Waals surface area contributed by atoms with Gasteiger partial charge < -0.3 is 4.57 Å². The Hall–Kier alpha value is -3.71. The molecule has 0 saturated carbocycles. The predicted molar refractivity (Wildman–Crippen MR) is 113 cm³/mol. The van der Waals surface area contributed by atoms with Crippen LogP contribution in [0.2, 0.25) is 5.02 Å². The zero-order chi connectivity index (χ0) is 20.5. The van der Waals surface area contributed by atoms with Crippen molar-refractivity contribution in [3.8, 4) is 11.5 Å². The molecule has 0 aliphatic rings. The average molecular weight is 418 g/mol. The molecule has 0 saturated heterocycles. The van der Waals surface area contributed by atoms with E-state index in [2.05, 4.69) is 26.8 Å². The van der Waals surface area contributed by atoms with Gasteiger partial charge in [-0.3, -0.25) is 9.51 Å². The molecule has 0 fully saturated rings. The highest BCUT2D eigenvalue weighted by Crippen LogP contribution is 2.23. The van der Waals surface area contributed by atoms with Crippen molar-refractivity contribution in [1.29, 1.82) is 0 Å². The number of pyridine rings is 1. The van der Waals surface area contributed by atoms with Gasteiger partial charge in [-0.05, 0) is 35.9 Å². The second-order valence-electron chi connectivity index (χ2n) is 6.81. The highest BCUT2D eigenvalue weighted by Gasteiger charge is 2.18. The Morgan fingerprint density at radius 3 is 2.57 bits per heavy atom. The smallest absolute Gasteiger partial charge is 0.322 e. The van der Waals surface area contributed by atoms with Gasteiger partial charge in [0.2, 0.25) is 5.82 Å². The Bertz CT molecular complexity index is 1370. The molecule has 0 aliphatic heterocycles. The maximum absolute atomic E-state index is 12.4. The van der Waals surface area contributed by atoms with Crippen molar-refractivity contribution in [1.82, 2.24) is 24.3 Å². The second kappa shape index (κ2) is 7.61. The number of benzene rings is 2. The van der Waals surface area contributed by atoms with Crippen LogP contribution >= 0.6 is 11.6 Å². The monoisotopic (exact) mass is 417 g/mol. The molecule has 0 amide bonds. The average Bonchev–Trinajstić information content (AvgIpc) is 3.30. The molecule has 0 spiro atoms. The van der Waals surface area contributed by atoms with Gasteiger partial charge in [-0.1, -0.05) is 53.2 Å². The Morgan fingerprint density at radius 1 is 0.933 bits per heavy atom. The SMILES string of the molecule is O=c1onc(-c2ccccn2)n1Cc1nc2cc(Cl)ccc2n1Cc1ccccc1. The van der Waals surface area contributed by atoms with E-state index in [-0.39, 0.29) is 6.54 Å². The Morgan fingerprint density at radius 2 is 1.77 bits per heavy atom. The van der Waals surface area contributed by atoms with Crippen molar-refractivity contribution in [2.45, 2.75) is 13.1 Å². The fourth-order valence-electron chi connectivity index (χ4n) is 3.44. The van der Waals surface area contributed by atoms with E-state index < -0.39 is 5.76 Å². The third-order valence-electron chi connectivity index (χ3n) is 4.85. The van der Waals surface area contributed by atoms with Crippen molar-refractivity contribution in [2.75, 3.05) is 0 Å². The molecule has 8 heteroatoms. The first-order chi connectivity index (χ1) is 14.7. The number of aromatic nitrogens is 5. The molecule has 0 aliphatic carbocycles. The maximum Gasteiger partial charge on any atom is 0.442 e. The molecular formula is C22H16ClN5O2. The van der Waals surface area contributed by atoms with E-state index in [9.17, 15) is 4.79 Å². The molecule has 0 radical (unpaired) electrons. The molecular weight excluding hydrogens is 402 g/mol. The maximum atomic E-state index is 12.4. The molecule has 2 aromatic carbocycles. The van der Waals surface area contributed by atoms with Crippen LogP contribution in [0.25, 0.3) is 22.6 Å².